The highest BCUT2D eigenvalue weighted by atomic mass is 35.5. The van der Waals surface area contributed by atoms with Crippen molar-refractivity contribution in [1.82, 2.24) is 15.3 Å². The quantitative estimate of drug-likeness (QED) is 0.210. The Hall–Kier alpha value is -4.11. The maximum atomic E-state index is 14.5. The highest BCUT2D eigenvalue weighted by Crippen LogP contribution is 2.48. The number of carbonyl (C=O) groups excluding carboxylic acids is 2. The molecular formula is C34H39Cl2N7O6S. The van der Waals surface area contributed by atoms with Crippen LogP contribution in [-0.4, -0.2) is 56.6 Å². The molecule has 50 heavy (non-hydrogen) atoms. The maximum Gasteiger partial charge on any atom is 0.330 e. The number of primary sulfonamides is 1. The van der Waals surface area contributed by atoms with E-state index in [1.165, 1.54) is 67.6 Å². The molecule has 2 saturated carbocycles. The highest BCUT2D eigenvalue weighted by molar-refractivity contribution is 7.89. The number of urea groups is 1. The van der Waals surface area contributed by atoms with Crippen molar-refractivity contribution in [3.05, 3.63) is 70.4 Å². The number of anilines is 3. The van der Waals surface area contributed by atoms with Gasteiger partial charge >= 0.3 is 6.03 Å². The number of hydrogen-bond acceptors (Lipinski definition) is 9. The van der Waals surface area contributed by atoms with Crippen molar-refractivity contribution in [2.45, 2.75) is 68.6 Å². The van der Waals surface area contributed by atoms with Crippen LogP contribution in [0.2, 0.25) is 10.0 Å². The van der Waals surface area contributed by atoms with Crippen molar-refractivity contribution < 1.29 is 27.5 Å². The number of amides is 3. The Bertz CT molecular complexity index is 1900. The Labute approximate surface area is 301 Å². The smallest absolute Gasteiger partial charge is 0.330 e. The SMILES string of the molecule is C=CC(=O)N[C@H]1CC(C2CCC2)CC[C@H]1Nc1ncc2c(n1)N(Cc1cccc(S(N)(=O)=O)c1)C(=O)N(c1c(Cl)c(OC)cc(OC)c1Cl)C2. The summed E-state index contributed by atoms with van der Waals surface area (Å²) in [5.74, 6) is 2.04. The number of methoxy groups -OCH3 is 2. The topological polar surface area (TPSA) is 169 Å². The first-order valence-electron chi connectivity index (χ1n) is 16.3. The van der Waals surface area contributed by atoms with Gasteiger partial charge in [0.05, 0.1) is 37.9 Å². The molecule has 6 rings (SSSR count). The third-order valence-electron chi connectivity index (χ3n) is 9.81. The Morgan fingerprint density at radius 1 is 1.08 bits per heavy atom. The Kier molecular flexibility index (Phi) is 10.4. The van der Waals surface area contributed by atoms with Crippen molar-refractivity contribution in [3.8, 4) is 11.5 Å². The Balaban J connectivity index is 1.38. The fraction of sp³-hybridized carbons (Fsp3) is 0.412. The summed E-state index contributed by atoms with van der Waals surface area (Å²) in [6.07, 6.45) is 9.23. The second-order valence-corrected chi connectivity index (χ2v) is 15.1. The molecule has 0 saturated heterocycles. The van der Waals surface area contributed by atoms with Crippen LogP contribution in [-0.2, 0) is 27.9 Å². The molecule has 0 bridgehead atoms. The summed E-state index contributed by atoms with van der Waals surface area (Å²) in [6, 6.07) is 6.68. The zero-order chi connectivity index (χ0) is 35.7. The summed E-state index contributed by atoms with van der Waals surface area (Å²) >= 11 is 13.5. The first kappa shape index (κ1) is 35.7. The minimum atomic E-state index is -4.02. The van der Waals surface area contributed by atoms with Crippen molar-refractivity contribution >= 4 is 62.6 Å². The van der Waals surface area contributed by atoms with E-state index in [1.807, 2.05) is 0 Å². The summed E-state index contributed by atoms with van der Waals surface area (Å²) in [4.78, 5) is 39.0. The third kappa shape index (κ3) is 7.20. The van der Waals surface area contributed by atoms with Gasteiger partial charge in [-0.05, 0) is 54.9 Å². The predicted octanol–water partition coefficient (Wildman–Crippen LogP) is 5.65. The van der Waals surface area contributed by atoms with E-state index in [0.717, 1.165) is 19.3 Å². The molecule has 16 heteroatoms. The van der Waals surface area contributed by atoms with Gasteiger partial charge in [0, 0.05) is 29.9 Å². The van der Waals surface area contributed by atoms with Gasteiger partial charge in [-0.3, -0.25) is 14.6 Å². The molecule has 2 aliphatic carbocycles. The molecule has 1 unspecified atom stereocenters. The zero-order valence-electron chi connectivity index (χ0n) is 27.7. The van der Waals surface area contributed by atoms with E-state index in [9.17, 15) is 18.0 Å². The van der Waals surface area contributed by atoms with Crippen LogP contribution >= 0.6 is 23.2 Å². The summed E-state index contributed by atoms with van der Waals surface area (Å²) in [6.45, 7) is 3.54. The summed E-state index contributed by atoms with van der Waals surface area (Å²) in [5.41, 5.74) is 1.21. The van der Waals surface area contributed by atoms with E-state index in [2.05, 4.69) is 22.2 Å². The highest BCUT2D eigenvalue weighted by Gasteiger charge is 2.39. The minimum Gasteiger partial charge on any atom is -0.495 e. The van der Waals surface area contributed by atoms with Gasteiger partial charge in [-0.15, -0.1) is 0 Å². The van der Waals surface area contributed by atoms with Gasteiger partial charge in [-0.25, -0.2) is 23.3 Å². The molecule has 3 aromatic rings. The van der Waals surface area contributed by atoms with Gasteiger partial charge in [-0.2, -0.15) is 4.98 Å². The van der Waals surface area contributed by atoms with E-state index < -0.39 is 16.1 Å². The second kappa shape index (κ2) is 14.6. The number of nitrogens with one attached hydrogen (secondary N) is 2. The van der Waals surface area contributed by atoms with Gasteiger partial charge < -0.3 is 20.1 Å². The fourth-order valence-corrected chi connectivity index (χ4v) is 8.29. The lowest BCUT2D eigenvalue weighted by atomic mass is 9.68. The molecular weight excluding hydrogens is 705 g/mol. The molecule has 266 valence electrons. The molecule has 2 fully saturated rings. The number of nitrogens with zero attached hydrogens (tertiary/aromatic N) is 4. The lowest BCUT2D eigenvalue weighted by molar-refractivity contribution is -0.117. The van der Waals surface area contributed by atoms with Gasteiger partial charge in [0.25, 0.3) is 0 Å². The van der Waals surface area contributed by atoms with Crippen LogP contribution in [0.15, 0.2) is 54.1 Å². The first-order valence-corrected chi connectivity index (χ1v) is 18.6. The van der Waals surface area contributed by atoms with Gasteiger partial charge in [0.2, 0.25) is 21.9 Å². The van der Waals surface area contributed by atoms with Gasteiger partial charge in [0.15, 0.2) is 0 Å². The number of nitrogens with two attached hydrogens (primary N) is 1. The van der Waals surface area contributed by atoms with Crippen molar-refractivity contribution in [3.63, 3.8) is 0 Å². The zero-order valence-corrected chi connectivity index (χ0v) is 30.0. The number of carbonyl (C=O) groups is 2. The van der Waals surface area contributed by atoms with Crippen LogP contribution in [0.25, 0.3) is 0 Å². The van der Waals surface area contributed by atoms with E-state index >= 15 is 0 Å². The molecule has 2 aromatic carbocycles. The van der Waals surface area contributed by atoms with E-state index in [1.54, 1.807) is 18.3 Å². The van der Waals surface area contributed by atoms with Crippen molar-refractivity contribution in [1.29, 1.82) is 0 Å². The van der Waals surface area contributed by atoms with Crippen LogP contribution in [0.1, 0.15) is 49.7 Å². The molecule has 3 aliphatic rings. The maximum absolute atomic E-state index is 14.5. The van der Waals surface area contributed by atoms with E-state index in [-0.39, 0.29) is 69.2 Å². The normalized spacial score (nSPS) is 20.8. The van der Waals surface area contributed by atoms with Crippen molar-refractivity contribution in [2.24, 2.45) is 17.0 Å². The number of halogens is 2. The number of fused-ring (bicyclic) bond motifs is 1. The van der Waals surface area contributed by atoms with Crippen LogP contribution in [0.3, 0.4) is 0 Å². The Morgan fingerprint density at radius 3 is 2.42 bits per heavy atom. The summed E-state index contributed by atoms with van der Waals surface area (Å²) in [7, 11) is -1.14. The molecule has 0 radical (unpaired) electrons. The summed E-state index contributed by atoms with van der Waals surface area (Å²) < 4.78 is 35.2. The number of ether oxygens (including phenoxy) is 2. The number of benzene rings is 2. The molecule has 3 amide bonds. The van der Waals surface area contributed by atoms with Gasteiger partial charge in [-0.1, -0.05) is 61.2 Å². The average molecular weight is 745 g/mol. The van der Waals surface area contributed by atoms with Crippen LogP contribution in [0, 0.1) is 11.8 Å². The third-order valence-corrected chi connectivity index (χ3v) is 11.5. The number of sulfonamides is 1. The molecule has 3 atom stereocenters. The molecule has 1 aliphatic heterocycles. The Morgan fingerprint density at radius 2 is 1.80 bits per heavy atom. The van der Waals surface area contributed by atoms with Crippen LogP contribution < -0.4 is 35.0 Å². The monoisotopic (exact) mass is 743 g/mol. The predicted molar refractivity (Wildman–Crippen MR) is 191 cm³/mol. The lowest BCUT2D eigenvalue weighted by Gasteiger charge is -2.43. The minimum absolute atomic E-state index is 0.00242. The molecule has 13 nitrogen and oxygen atoms in total. The summed E-state index contributed by atoms with van der Waals surface area (Å²) in [5, 5.41) is 12.1. The largest absolute Gasteiger partial charge is 0.495 e. The van der Waals surface area contributed by atoms with Crippen molar-refractivity contribution in [2.75, 3.05) is 29.3 Å². The number of aromatic nitrogens is 2. The van der Waals surface area contributed by atoms with Crippen LogP contribution in [0.5, 0.6) is 11.5 Å². The number of rotatable bonds is 11. The molecule has 0 spiro atoms. The van der Waals surface area contributed by atoms with Crippen LogP contribution in [0.4, 0.5) is 22.2 Å². The average Bonchev–Trinajstić information content (AvgIpc) is 3.07. The lowest BCUT2D eigenvalue weighted by Crippen LogP contribution is -2.51. The molecule has 1 aromatic heterocycles. The van der Waals surface area contributed by atoms with Gasteiger partial charge in [0.1, 0.15) is 27.4 Å². The first-order chi connectivity index (χ1) is 23.9. The van der Waals surface area contributed by atoms with E-state index in [0.29, 0.717) is 28.8 Å². The van der Waals surface area contributed by atoms with E-state index in [4.69, 9.17) is 42.8 Å². The standard InChI is InChI=1S/C34H39Cl2N7O6S/c1-4-28(44)39-25-14-21(20-8-6-9-20)11-12-24(25)40-33-38-16-22-18-42(31-29(35)26(48-2)15-27(49-3)30(31)36)34(45)43(32(22)41-33)17-19-7-5-10-23(13-19)50(37,46)47/h4-5,7,10,13,15-16,20-21,24-25H,1,6,8-9,11-12,14,17-18H2,2-3H3,(H,39,44)(H2,37,46,47)(H,38,40,41)/t21?,24-,25+/m1/s1. The fourth-order valence-electron chi connectivity index (χ4n) is 7.00. The number of hydrogen-bond donors (Lipinski definition) is 3. The molecule has 4 N–H and O–H groups in total. The second-order valence-electron chi connectivity index (χ2n) is 12.8. The molecule has 2 heterocycles.